The topological polar surface area (TPSA) is 35.2 Å². The van der Waals surface area contributed by atoms with E-state index in [2.05, 4.69) is 54.6 Å². The smallest absolute Gasteiger partial charge is 0.0724 e. The van der Waals surface area contributed by atoms with Gasteiger partial charge in [0.05, 0.1) is 12.2 Å². The summed E-state index contributed by atoms with van der Waals surface area (Å²) in [5, 5.41) is 0. The van der Waals surface area contributed by atoms with Gasteiger partial charge in [0, 0.05) is 6.04 Å². The molecule has 4 fully saturated rings. The molecule has 0 amide bonds. The average Bonchev–Trinajstić information content (AvgIpc) is 2.65. The van der Waals surface area contributed by atoms with Crippen molar-refractivity contribution < 1.29 is 4.74 Å². The van der Waals surface area contributed by atoms with Gasteiger partial charge >= 0.3 is 0 Å². The van der Waals surface area contributed by atoms with Gasteiger partial charge in [0.15, 0.2) is 0 Å². The van der Waals surface area contributed by atoms with Crippen molar-refractivity contribution in [3.8, 4) is 11.1 Å². The highest BCUT2D eigenvalue weighted by Gasteiger charge is 2.55. The van der Waals surface area contributed by atoms with Crippen LogP contribution in [0.3, 0.4) is 0 Å². The first-order valence-corrected chi connectivity index (χ1v) is 9.75. The van der Waals surface area contributed by atoms with Gasteiger partial charge < -0.3 is 10.5 Å². The Morgan fingerprint density at radius 2 is 1.48 bits per heavy atom. The van der Waals surface area contributed by atoms with Gasteiger partial charge in [-0.25, -0.2) is 0 Å². The Morgan fingerprint density at radius 1 is 0.840 bits per heavy atom. The molecule has 0 aliphatic heterocycles. The largest absolute Gasteiger partial charge is 0.370 e. The Balaban J connectivity index is 1.27. The van der Waals surface area contributed by atoms with E-state index in [1.807, 2.05) is 0 Å². The maximum Gasteiger partial charge on any atom is 0.0724 e. The summed E-state index contributed by atoms with van der Waals surface area (Å²) in [4.78, 5) is 0. The van der Waals surface area contributed by atoms with Crippen LogP contribution in [0.15, 0.2) is 54.6 Å². The van der Waals surface area contributed by atoms with Crippen molar-refractivity contribution in [3.63, 3.8) is 0 Å². The first-order chi connectivity index (χ1) is 12.2. The molecule has 4 aliphatic rings. The molecule has 130 valence electrons. The molecule has 4 saturated carbocycles. The number of hydrogen-bond acceptors (Lipinski definition) is 2. The van der Waals surface area contributed by atoms with E-state index in [0.717, 1.165) is 12.5 Å². The van der Waals surface area contributed by atoms with Gasteiger partial charge in [-0.15, -0.1) is 0 Å². The quantitative estimate of drug-likeness (QED) is 0.874. The Bertz CT molecular complexity index is 722. The first kappa shape index (κ1) is 15.6. The van der Waals surface area contributed by atoms with Gasteiger partial charge in [-0.3, -0.25) is 0 Å². The Labute approximate surface area is 150 Å². The van der Waals surface area contributed by atoms with Gasteiger partial charge in [-0.05, 0) is 66.5 Å². The van der Waals surface area contributed by atoms with Crippen molar-refractivity contribution in [2.24, 2.45) is 23.5 Å². The van der Waals surface area contributed by atoms with Crippen LogP contribution in [0.2, 0.25) is 0 Å². The molecule has 2 unspecified atom stereocenters. The normalized spacial score (nSPS) is 35.9. The highest BCUT2D eigenvalue weighted by molar-refractivity contribution is 5.63. The third-order valence-electron chi connectivity index (χ3n) is 6.90. The van der Waals surface area contributed by atoms with E-state index in [9.17, 15) is 0 Å². The van der Waals surface area contributed by atoms with Gasteiger partial charge in [-0.2, -0.15) is 0 Å². The van der Waals surface area contributed by atoms with Crippen molar-refractivity contribution in [2.45, 2.75) is 50.4 Å². The van der Waals surface area contributed by atoms with Crippen LogP contribution in [0, 0.1) is 17.8 Å². The van der Waals surface area contributed by atoms with Crippen LogP contribution < -0.4 is 5.73 Å². The van der Waals surface area contributed by atoms with Gasteiger partial charge in [0.25, 0.3) is 0 Å². The van der Waals surface area contributed by atoms with E-state index in [0.29, 0.717) is 17.9 Å². The lowest BCUT2D eigenvalue weighted by atomic mass is 9.52. The van der Waals surface area contributed by atoms with Crippen LogP contribution in [-0.2, 0) is 11.3 Å². The minimum Gasteiger partial charge on any atom is -0.370 e. The summed E-state index contributed by atoms with van der Waals surface area (Å²) < 4.78 is 6.57. The summed E-state index contributed by atoms with van der Waals surface area (Å²) in [6.45, 7) is 0.733. The zero-order valence-corrected chi connectivity index (χ0v) is 14.7. The lowest BCUT2D eigenvalue weighted by molar-refractivity contribution is -0.174. The third-order valence-corrected chi connectivity index (χ3v) is 6.90. The number of nitrogens with two attached hydrogens (primary N) is 1. The van der Waals surface area contributed by atoms with Gasteiger partial charge in [0.2, 0.25) is 0 Å². The molecule has 2 atom stereocenters. The second-order valence-corrected chi connectivity index (χ2v) is 8.58. The van der Waals surface area contributed by atoms with Crippen molar-refractivity contribution in [3.05, 3.63) is 60.2 Å². The van der Waals surface area contributed by atoms with E-state index in [4.69, 9.17) is 10.5 Å². The zero-order chi connectivity index (χ0) is 16.9. The lowest BCUT2D eigenvalue weighted by Gasteiger charge is -2.58. The second kappa shape index (κ2) is 5.96. The molecule has 0 radical (unpaired) electrons. The van der Waals surface area contributed by atoms with E-state index >= 15 is 0 Å². The number of rotatable bonds is 4. The molecule has 2 heteroatoms. The third kappa shape index (κ3) is 2.82. The van der Waals surface area contributed by atoms with Crippen molar-refractivity contribution >= 4 is 0 Å². The molecule has 2 N–H and O–H groups in total. The highest BCUT2D eigenvalue weighted by Crippen LogP contribution is 2.56. The molecular weight excluding hydrogens is 306 g/mol. The fourth-order valence-electron chi connectivity index (χ4n) is 5.83. The number of ether oxygens (including phenoxy) is 1. The standard InChI is InChI=1S/C23H27NO/c24-22-20-10-17-11-21(22)14-23(12-17,13-20)25-15-16-6-8-19(9-7-16)18-4-2-1-3-5-18/h1-9,17,20-22H,10-15,24H2. The number of benzene rings is 2. The fourth-order valence-corrected chi connectivity index (χ4v) is 5.83. The van der Waals surface area contributed by atoms with Crippen molar-refractivity contribution in [2.75, 3.05) is 0 Å². The molecule has 0 aromatic heterocycles. The molecule has 2 nitrogen and oxygen atoms in total. The number of hydrogen-bond donors (Lipinski definition) is 1. The summed E-state index contributed by atoms with van der Waals surface area (Å²) in [6.07, 6.45) is 6.31. The maximum atomic E-state index is 6.57. The first-order valence-electron chi connectivity index (χ1n) is 9.75. The molecule has 0 spiro atoms. The molecule has 2 aromatic rings. The zero-order valence-electron chi connectivity index (χ0n) is 14.7. The molecule has 0 saturated heterocycles. The van der Waals surface area contributed by atoms with Crippen LogP contribution in [0.1, 0.15) is 37.7 Å². The Kier molecular flexibility index (Phi) is 3.72. The van der Waals surface area contributed by atoms with Crippen molar-refractivity contribution in [1.82, 2.24) is 0 Å². The minimum atomic E-state index is 0.116. The Hall–Kier alpha value is -1.64. The van der Waals surface area contributed by atoms with Crippen LogP contribution in [0.5, 0.6) is 0 Å². The molecular formula is C23H27NO. The van der Waals surface area contributed by atoms with Crippen LogP contribution in [0.25, 0.3) is 11.1 Å². The summed E-state index contributed by atoms with van der Waals surface area (Å²) >= 11 is 0. The molecule has 6 rings (SSSR count). The fraction of sp³-hybridized carbons (Fsp3) is 0.478. The maximum absolute atomic E-state index is 6.57. The SMILES string of the molecule is NC1C2CC3CC1CC(OCc1ccc(-c4ccccc4)cc1)(C3)C2. The summed E-state index contributed by atoms with van der Waals surface area (Å²) in [5.41, 5.74) is 10.4. The lowest BCUT2D eigenvalue weighted by Crippen LogP contribution is -2.60. The highest BCUT2D eigenvalue weighted by atomic mass is 16.5. The average molecular weight is 333 g/mol. The molecule has 25 heavy (non-hydrogen) atoms. The second-order valence-electron chi connectivity index (χ2n) is 8.58. The van der Waals surface area contributed by atoms with E-state index in [1.165, 1.54) is 48.8 Å². The van der Waals surface area contributed by atoms with Crippen LogP contribution >= 0.6 is 0 Å². The molecule has 0 heterocycles. The Morgan fingerprint density at radius 3 is 2.16 bits per heavy atom. The van der Waals surface area contributed by atoms with Crippen molar-refractivity contribution in [1.29, 1.82) is 0 Å². The van der Waals surface area contributed by atoms with Crippen LogP contribution in [-0.4, -0.2) is 11.6 Å². The van der Waals surface area contributed by atoms with Crippen LogP contribution in [0.4, 0.5) is 0 Å². The molecule has 4 bridgehead atoms. The molecule has 2 aromatic carbocycles. The van der Waals surface area contributed by atoms with E-state index in [1.54, 1.807) is 0 Å². The predicted molar refractivity (Wildman–Crippen MR) is 101 cm³/mol. The van der Waals surface area contributed by atoms with Gasteiger partial charge in [0.1, 0.15) is 0 Å². The van der Waals surface area contributed by atoms with E-state index in [-0.39, 0.29) is 5.60 Å². The van der Waals surface area contributed by atoms with Gasteiger partial charge in [-0.1, -0.05) is 54.6 Å². The minimum absolute atomic E-state index is 0.116. The summed E-state index contributed by atoms with van der Waals surface area (Å²) in [6, 6.07) is 19.8. The summed E-state index contributed by atoms with van der Waals surface area (Å²) in [7, 11) is 0. The monoisotopic (exact) mass is 333 g/mol. The predicted octanol–water partition coefficient (Wildman–Crippen LogP) is 4.78. The summed E-state index contributed by atoms with van der Waals surface area (Å²) in [5.74, 6) is 2.26. The molecule has 4 aliphatic carbocycles. The van der Waals surface area contributed by atoms with E-state index < -0.39 is 0 Å².